The van der Waals surface area contributed by atoms with Crippen LogP contribution < -0.4 is 10.7 Å². The molecule has 2 N–H and O–H groups in total. The number of benzene rings is 1. The van der Waals surface area contributed by atoms with E-state index in [-0.39, 0.29) is 5.91 Å². The molecule has 0 atom stereocenters. The van der Waals surface area contributed by atoms with E-state index >= 15 is 0 Å². The van der Waals surface area contributed by atoms with Gasteiger partial charge in [-0.1, -0.05) is 12.1 Å². The van der Waals surface area contributed by atoms with Crippen LogP contribution in [-0.4, -0.2) is 22.1 Å². The minimum atomic E-state index is -0.381. The second kappa shape index (κ2) is 8.87. The van der Waals surface area contributed by atoms with Crippen LogP contribution in [0.3, 0.4) is 0 Å². The van der Waals surface area contributed by atoms with Gasteiger partial charge in [0.25, 0.3) is 5.91 Å². The molecule has 2 heterocycles. The van der Waals surface area contributed by atoms with E-state index in [1.165, 1.54) is 6.21 Å². The number of pyridine rings is 2. The summed E-state index contributed by atoms with van der Waals surface area (Å²) < 4.78 is 0. The van der Waals surface area contributed by atoms with Crippen molar-refractivity contribution in [1.82, 2.24) is 15.4 Å². The highest BCUT2D eigenvalue weighted by Crippen LogP contribution is 2.13. The van der Waals surface area contributed by atoms with E-state index < -0.39 is 0 Å². The van der Waals surface area contributed by atoms with E-state index in [0.717, 1.165) is 11.1 Å². The smallest absolute Gasteiger partial charge is 0.275 e. The van der Waals surface area contributed by atoms with Gasteiger partial charge in [-0.2, -0.15) is 10.4 Å². The highest BCUT2D eigenvalue weighted by molar-refractivity contribution is 5.99. The zero-order valence-corrected chi connectivity index (χ0v) is 14.3. The second-order valence-corrected chi connectivity index (χ2v) is 5.54. The van der Waals surface area contributed by atoms with Crippen LogP contribution in [0, 0.1) is 11.3 Å². The molecule has 0 bridgehead atoms. The van der Waals surface area contributed by atoms with E-state index in [4.69, 9.17) is 5.26 Å². The van der Waals surface area contributed by atoms with Gasteiger partial charge in [0.15, 0.2) is 0 Å². The summed E-state index contributed by atoms with van der Waals surface area (Å²) in [4.78, 5) is 20.6. The molecule has 0 aliphatic heterocycles. The molecule has 132 valence electrons. The third-order valence-corrected chi connectivity index (χ3v) is 3.66. The number of nitrogens with zero attached hydrogens (tertiary/aromatic N) is 4. The molecule has 0 unspecified atom stereocenters. The Kier molecular flexibility index (Phi) is 5.84. The Labute approximate surface area is 156 Å². The fourth-order valence-corrected chi connectivity index (χ4v) is 2.33. The van der Waals surface area contributed by atoms with E-state index in [0.29, 0.717) is 23.5 Å². The number of hydrazone groups is 1. The van der Waals surface area contributed by atoms with Gasteiger partial charge in [0.1, 0.15) is 5.82 Å². The maximum atomic E-state index is 12.4. The zero-order chi connectivity index (χ0) is 18.9. The van der Waals surface area contributed by atoms with Crippen molar-refractivity contribution in [3.63, 3.8) is 0 Å². The van der Waals surface area contributed by atoms with E-state index in [1.54, 1.807) is 55.0 Å². The van der Waals surface area contributed by atoms with Crippen molar-refractivity contribution in [3.05, 3.63) is 89.4 Å². The van der Waals surface area contributed by atoms with Gasteiger partial charge in [0.05, 0.1) is 23.4 Å². The Balaban J connectivity index is 1.66. The van der Waals surface area contributed by atoms with Crippen LogP contribution in [-0.2, 0) is 6.54 Å². The molecule has 3 aromatic rings. The molecule has 0 saturated heterocycles. The summed E-state index contributed by atoms with van der Waals surface area (Å²) in [6, 6.07) is 16.1. The van der Waals surface area contributed by atoms with Crippen molar-refractivity contribution < 1.29 is 4.79 Å². The van der Waals surface area contributed by atoms with Crippen molar-refractivity contribution in [2.75, 3.05) is 5.32 Å². The summed E-state index contributed by atoms with van der Waals surface area (Å²) >= 11 is 0. The Hall–Kier alpha value is -4.05. The standard InChI is InChI=1S/C20H16N6O/c21-12-16-3-1-4-17(11-16)14-25-26-20(27)18-5-2-8-23-19(18)24-13-15-6-9-22-10-7-15/h1-11,14H,13H2,(H,23,24)(H,26,27)/b25-14+. The van der Waals surface area contributed by atoms with Gasteiger partial charge in [-0.15, -0.1) is 0 Å². The number of nitrogens with one attached hydrogen (secondary N) is 2. The first-order valence-electron chi connectivity index (χ1n) is 8.17. The van der Waals surface area contributed by atoms with Crippen molar-refractivity contribution in [1.29, 1.82) is 5.26 Å². The summed E-state index contributed by atoms with van der Waals surface area (Å²) in [5, 5.41) is 16.0. The molecule has 0 fully saturated rings. The number of carbonyl (C=O) groups is 1. The normalized spacial score (nSPS) is 10.3. The van der Waals surface area contributed by atoms with Crippen LogP contribution in [0.5, 0.6) is 0 Å². The highest BCUT2D eigenvalue weighted by atomic mass is 16.2. The number of amides is 1. The van der Waals surface area contributed by atoms with Gasteiger partial charge in [-0.25, -0.2) is 10.4 Å². The SMILES string of the molecule is N#Cc1cccc(/C=N/NC(=O)c2cccnc2NCc2ccncc2)c1. The van der Waals surface area contributed by atoms with Gasteiger partial charge in [0, 0.05) is 25.1 Å². The van der Waals surface area contributed by atoms with Gasteiger partial charge in [0.2, 0.25) is 0 Å². The lowest BCUT2D eigenvalue weighted by Crippen LogP contribution is -2.20. The Bertz CT molecular complexity index is 995. The number of anilines is 1. The van der Waals surface area contributed by atoms with Crippen molar-refractivity contribution in [2.24, 2.45) is 5.10 Å². The molecule has 0 aliphatic carbocycles. The highest BCUT2D eigenvalue weighted by Gasteiger charge is 2.11. The number of hydrogen-bond donors (Lipinski definition) is 2. The molecule has 0 aliphatic rings. The molecule has 0 spiro atoms. The van der Waals surface area contributed by atoms with Crippen molar-refractivity contribution in [3.8, 4) is 6.07 Å². The van der Waals surface area contributed by atoms with E-state index in [2.05, 4.69) is 31.9 Å². The zero-order valence-electron chi connectivity index (χ0n) is 14.3. The molecule has 3 rings (SSSR count). The van der Waals surface area contributed by atoms with Gasteiger partial charge < -0.3 is 5.32 Å². The summed E-state index contributed by atoms with van der Waals surface area (Å²) in [5.41, 5.74) is 5.14. The predicted molar refractivity (Wildman–Crippen MR) is 102 cm³/mol. The molecular formula is C20H16N6O. The predicted octanol–water partition coefficient (Wildman–Crippen LogP) is 2.72. The fourth-order valence-electron chi connectivity index (χ4n) is 2.33. The quantitative estimate of drug-likeness (QED) is 0.522. The fraction of sp³-hybridized carbons (Fsp3) is 0.0500. The first-order chi connectivity index (χ1) is 13.3. The number of aromatic nitrogens is 2. The average molecular weight is 356 g/mol. The number of hydrogen-bond acceptors (Lipinski definition) is 6. The second-order valence-electron chi connectivity index (χ2n) is 5.54. The summed E-state index contributed by atoms with van der Waals surface area (Å²) in [6.45, 7) is 0.518. The number of rotatable bonds is 6. The van der Waals surface area contributed by atoms with Crippen LogP contribution in [0.25, 0.3) is 0 Å². The van der Waals surface area contributed by atoms with Gasteiger partial charge in [-0.3, -0.25) is 9.78 Å². The van der Waals surface area contributed by atoms with E-state index in [1.807, 2.05) is 12.1 Å². The molecule has 7 heteroatoms. The van der Waals surface area contributed by atoms with Crippen LogP contribution >= 0.6 is 0 Å². The molecule has 0 radical (unpaired) electrons. The van der Waals surface area contributed by atoms with Gasteiger partial charge in [-0.05, 0) is 47.5 Å². The van der Waals surface area contributed by atoms with Crippen LogP contribution in [0.1, 0.15) is 27.0 Å². The lowest BCUT2D eigenvalue weighted by molar-refractivity contribution is 0.0955. The summed E-state index contributed by atoms with van der Waals surface area (Å²) in [7, 11) is 0. The maximum Gasteiger partial charge on any atom is 0.275 e. The first kappa shape index (κ1) is 17.8. The third kappa shape index (κ3) is 4.96. The Morgan fingerprint density at radius 3 is 2.81 bits per heavy atom. The van der Waals surface area contributed by atoms with Crippen molar-refractivity contribution >= 4 is 17.9 Å². The molecule has 1 amide bonds. The Morgan fingerprint density at radius 2 is 2.00 bits per heavy atom. The van der Waals surface area contributed by atoms with Crippen LogP contribution in [0.15, 0.2) is 72.2 Å². The maximum absolute atomic E-state index is 12.4. The third-order valence-electron chi connectivity index (χ3n) is 3.66. The molecule has 7 nitrogen and oxygen atoms in total. The molecule has 0 saturated carbocycles. The lowest BCUT2D eigenvalue weighted by atomic mass is 10.1. The minimum absolute atomic E-state index is 0.381. The lowest BCUT2D eigenvalue weighted by Gasteiger charge is -2.09. The van der Waals surface area contributed by atoms with Crippen LogP contribution in [0.4, 0.5) is 5.82 Å². The molecule has 2 aromatic heterocycles. The summed E-state index contributed by atoms with van der Waals surface area (Å²) in [6.07, 6.45) is 6.51. The largest absolute Gasteiger partial charge is 0.365 e. The molecule has 1 aromatic carbocycles. The topological polar surface area (TPSA) is 103 Å². The average Bonchev–Trinajstić information content (AvgIpc) is 2.73. The van der Waals surface area contributed by atoms with Gasteiger partial charge >= 0.3 is 0 Å². The Morgan fingerprint density at radius 1 is 1.15 bits per heavy atom. The van der Waals surface area contributed by atoms with Crippen molar-refractivity contribution in [2.45, 2.75) is 6.54 Å². The molecule has 27 heavy (non-hydrogen) atoms. The minimum Gasteiger partial charge on any atom is -0.365 e. The number of carbonyl (C=O) groups excluding carboxylic acids is 1. The first-order valence-corrected chi connectivity index (χ1v) is 8.17. The number of nitriles is 1. The molecular weight excluding hydrogens is 340 g/mol. The monoisotopic (exact) mass is 356 g/mol. The van der Waals surface area contributed by atoms with Crippen LogP contribution in [0.2, 0.25) is 0 Å². The summed E-state index contributed by atoms with van der Waals surface area (Å²) in [5.74, 6) is 0.0847. The van der Waals surface area contributed by atoms with E-state index in [9.17, 15) is 4.79 Å².